The number of nitrogens with zero attached hydrogens (tertiary/aromatic N) is 1. The number of aryl methyl sites for hydroxylation is 1. The van der Waals surface area contributed by atoms with Crippen LogP contribution >= 0.6 is 0 Å². The second kappa shape index (κ2) is 5.30. The maximum Gasteiger partial charge on any atom is 0.231 e. The number of hydrogen-bond acceptors (Lipinski definition) is 1. The van der Waals surface area contributed by atoms with E-state index in [-0.39, 0.29) is 0 Å². The molecule has 0 unspecified atom stereocenters. The topological polar surface area (TPSA) is 13.1 Å². The fraction of sp³-hybridized carbons (Fsp3) is 0.133. The molecule has 2 nitrogen and oxygen atoms in total. The average molecular weight is 226 g/mol. The van der Waals surface area contributed by atoms with Gasteiger partial charge in [0.15, 0.2) is 6.61 Å². The van der Waals surface area contributed by atoms with Gasteiger partial charge in [-0.1, -0.05) is 36.9 Å². The monoisotopic (exact) mass is 226 g/mol. The summed E-state index contributed by atoms with van der Waals surface area (Å²) in [6, 6.07) is 16.0. The van der Waals surface area contributed by atoms with Gasteiger partial charge >= 0.3 is 0 Å². The van der Waals surface area contributed by atoms with Crippen LogP contribution in [0.1, 0.15) is 11.3 Å². The average Bonchev–Trinajstić information content (AvgIpc) is 2.38. The van der Waals surface area contributed by atoms with Gasteiger partial charge in [0.25, 0.3) is 0 Å². The Morgan fingerprint density at radius 2 is 1.82 bits per heavy atom. The summed E-state index contributed by atoms with van der Waals surface area (Å²) in [5, 5.41) is 0. The molecule has 17 heavy (non-hydrogen) atoms. The van der Waals surface area contributed by atoms with E-state index < -0.39 is 0 Å². The lowest BCUT2D eigenvalue weighted by Gasteiger charge is -2.04. The van der Waals surface area contributed by atoms with Crippen LogP contribution in [0.3, 0.4) is 0 Å². The van der Waals surface area contributed by atoms with Crippen molar-refractivity contribution < 1.29 is 9.57 Å². The summed E-state index contributed by atoms with van der Waals surface area (Å²) in [6.45, 7) is 6.52. The van der Waals surface area contributed by atoms with Crippen LogP contribution in [0.2, 0.25) is 0 Å². The standard InChI is InChI=1S/C15H16NO/c1-13(15-9-4-3-5-10-15)12-17-16-11-7-6-8-14(16)2/h3-11H,1,12H2,2H3/q+1. The first-order chi connectivity index (χ1) is 8.27. The van der Waals surface area contributed by atoms with E-state index in [2.05, 4.69) is 6.58 Å². The molecule has 0 atom stereocenters. The van der Waals surface area contributed by atoms with Gasteiger partial charge in [-0.15, -0.1) is 0 Å². The Kier molecular flexibility index (Phi) is 3.55. The highest BCUT2D eigenvalue weighted by atomic mass is 16.7. The summed E-state index contributed by atoms with van der Waals surface area (Å²) < 4.78 is 1.76. The molecule has 0 aliphatic carbocycles. The van der Waals surface area contributed by atoms with Gasteiger partial charge in [-0.3, -0.25) is 4.84 Å². The Labute approximate surface area is 102 Å². The van der Waals surface area contributed by atoms with Crippen LogP contribution in [0.15, 0.2) is 61.3 Å². The molecule has 1 aromatic heterocycles. The summed E-state index contributed by atoms with van der Waals surface area (Å²) in [5.41, 5.74) is 3.15. The Morgan fingerprint density at radius 3 is 2.53 bits per heavy atom. The first-order valence-electron chi connectivity index (χ1n) is 5.61. The van der Waals surface area contributed by atoms with Gasteiger partial charge in [0.05, 0.1) is 0 Å². The van der Waals surface area contributed by atoms with Crippen molar-refractivity contribution in [2.24, 2.45) is 0 Å². The van der Waals surface area contributed by atoms with E-state index in [0.717, 1.165) is 16.8 Å². The van der Waals surface area contributed by atoms with Crippen molar-refractivity contribution in [2.45, 2.75) is 6.92 Å². The zero-order valence-corrected chi connectivity index (χ0v) is 9.97. The van der Waals surface area contributed by atoms with E-state index in [9.17, 15) is 0 Å². The summed E-state index contributed by atoms with van der Waals surface area (Å²) in [6.07, 6.45) is 1.90. The van der Waals surface area contributed by atoms with Gasteiger partial charge < -0.3 is 0 Å². The predicted octanol–water partition coefficient (Wildman–Crippen LogP) is 2.42. The Hall–Kier alpha value is -2.09. The van der Waals surface area contributed by atoms with Crippen molar-refractivity contribution >= 4 is 5.57 Å². The van der Waals surface area contributed by atoms with Crippen LogP contribution in [0, 0.1) is 6.92 Å². The second-order valence-corrected chi connectivity index (χ2v) is 3.91. The van der Waals surface area contributed by atoms with Crippen molar-refractivity contribution in [3.05, 3.63) is 72.6 Å². The second-order valence-electron chi connectivity index (χ2n) is 3.91. The lowest BCUT2D eigenvalue weighted by atomic mass is 10.1. The molecule has 2 aromatic rings. The summed E-state index contributed by atoms with van der Waals surface area (Å²) in [5.74, 6) is 0. The number of rotatable bonds is 4. The van der Waals surface area contributed by atoms with E-state index in [4.69, 9.17) is 4.84 Å². The fourth-order valence-corrected chi connectivity index (χ4v) is 1.56. The molecule has 2 heteroatoms. The molecule has 0 saturated heterocycles. The van der Waals surface area contributed by atoms with Gasteiger partial charge in [-0.2, -0.15) is 0 Å². The Bertz CT molecular complexity index is 505. The molecule has 0 aliphatic heterocycles. The summed E-state index contributed by atoms with van der Waals surface area (Å²) in [4.78, 5) is 5.67. The molecule has 1 heterocycles. The van der Waals surface area contributed by atoms with Crippen molar-refractivity contribution in [1.29, 1.82) is 0 Å². The third kappa shape index (κ3) is 2.94. The molecule has 0 radical (unpaired) electrons. The quantitative estimate of drug-likeness (QED) is 0.730. The van der Waals surface area contributed by atoms with Crippen LogP contribution in [0.25, 0.3) is 5.57 Å². The van der Waals surface area contributed by atoms with Gasteiger partial charge in [-0.25, -0.2) is 0 Å². The van der Waals surface area contributed by atoms with Crippen LogP contribution in [0.4, 0.5) is 0 Å². The first kappa shape index (κ1) is 11.4. The van der Waals surface area contributed by atoms with Crippen molar-refractivity contribution in [3.63, 3.8) is 0 Å². The minimum Gasteiger partial charge on any atom is -0.266 e. The number of benzene rings is 1. The Morgan fingerprint density at radius 1 is 1.12 bits per heavy atom. The van der Waals surface area contributed by atoms with E-state index in [1.54, 1.807) is 4.73 Å². The zero-order valence-electron chi connectivity index (χ0n) is 9.97. The molecule has 0 N–H and O–H groups in total. The molecular formula is C15H16NO+. The molecule has 2 rings (SSSR count). The van der Waals surface area contributed by atoms with Crippen molar-refractivity contribution in [2.75, 3.05) is 6.61 Å². The van der Waals surface area contributed by atoms with E-state index >= 15 is 0 Å². The maximum atomic E-state index is 5.67. The minimum absolute atomic E-state index is 0.486. The van der Waals surface area contributed by atoms with Crippen molar-refractivity contribution in [1.82, 2.24) is 0 Å². The van der Waals surface area contributed by atoms with Crippen LogP contribution in [0.5, 0.6) is 0 Å². The highest BCUT2D eigenvalue weighted by Crippen LogP contribution is 2.09. The first-order valence-corrected chi connectivity index (χ1v) is 5.61. The smallest absolute Gasteiger partial charge is 0.231 e. The lowest BCUT2D eigenvalue weighted by molar-refractivity contribution is -0.893. The highest BCUT2D eigenvalue weighted by Gasteiger charge is 2.07. The van der Waals surface area contributed by atoms with Crippen LogP contribution in [-0.4, -0.2) is 6.61 Å². The van der Waals surface area contributed by atoms with E-state index in [1.807, 2.05) is 61.7 Å². The third-order valence-electron chi connectivity index (χ3n) is 2.58. The third-order valence-corrected chi connectivity index (χ3v) is 2.58. The van der Waals surface area contributed by atoms with Gasteiger partial charge in [0.1, 0.15) is 0 Å². The fourth-order valence-electron chi connectivity index (χ4n) is 1.56. The maximum absolute atomic E-state index is 5.67. The van der Waals surface area contributed by atoms with Crippen LogP contribution < -0.4 is 9.57 Å². The summed E-state index contributed by atoms with van der Waals surface area (Å²) >= 11 is 0. The summed E-state index contributed by atoms with van der Waals surface area (Å²) in [7, 11) is 0. The normalized spacial score (nSPS) is 9.94. The SMILES string of the molecule is C=C(CO[n+]1ccccc1C)c1ccccc1. The molecular weight excluding hydrogens is 210 g/mol. The van der Waals surface area contributed by atoms with Gasteiger partial charge in [0.2, 0.25) is 11.9 Å². The number of hydrogen-bond donors (Lipinski definition) is 0. The molecule has 1 aromatic carbocycles. The molecule has 0 bridgehead atoms. The zero-order chi connectivity index (χ0) is 12.1. The Balaban J connectivity index is 2.00. The molecule has 0 spiro atoms. The molecule has 0 amide bonds. The highest BCUT2D eigenvalue weighted by molar-refractivity contribution is 5.63. The van der Waals surface area contributed by atoms with Gasteiger partial charge in [0, 0.05) is 23.8 Å². The minimum atomic E-state index is 0.486. The molecule has 86 valence electrons. The molecule has 0 saturated carbocycles. The lowest BCUT2D eigenvalue weighted by Crippen LogP contribution is -2.45. The van der Waals surface area contributed by atoms with Crippen LogP contribution in [-0.2, 0) is 0 Å². The largest absolute Gasteiger partial charge is 0.266 e. The number of aromatic nitrogens is 1. The molecule has 0 aliphatic rings. The van der Waals surface area contributed by atoms with E-state index in [1.165, 1.54) is 0 Å². The van der Waals surface area contributed by atoms with Crippen molar-refractivity contribution in [3.8, 4) is 0 Å². The predicted molar refractivity (Wildman–Crippen MR) is 68.3 cm³/mol. The van der Waals surface area contributed by atoms with Gasteiger partial charge in [-0.05, 0) is 17.2 Å². The van der Waals surface area contributed by atoms with E-state index in [0.29, 0.717) is 6.61 Å². The molecule has 0 fully saturated rings. The number of pyridine rings is 1.